The predicted octanol–water partition coefficient (Wildman–Crippen LogP) is 2.79. The lowest BCUT2D eigenvalue weighted by molar-refractivity contribution is -0.129. The molecular weight excluding hydrogens is 150 g/mol. The van der Waals surface area contributed by atoms with Crippen LogP contribution in [-0.4, -0.2) is 15.8 Å². The van der Waals surface area contributed by atoms with Crippen molar-refractivity contribution in [2.45, 2.75) is 46.6 Å². The van der Waals surface area contributed by atoms with Crippen LogP contribution in [0.25, 0.3) is 0 Å². The highest BCUT2D eigenvalue weighted by Crippen LogP contribution is 2.38. The normalized spacial score (nSPS) is 22.8. The Bertz CT molecular complexity index is 210. The molecule has 0 bridgehead atoms. The average Bonchev–Trinajstić information content (AvgIpc) is 2.06. The van der Waals surface area contributed by atoms with E-state index in [-0.39, 0.29) is 11.0 Å². The highest BCUT2D eigenvalue weighted by Gasteiger charge is 2.36. The summed E-state index contributed by atoms with van der Waals surface area (Å²) in [6, 6.07) is 0. The van der Waals surface area contributed by atoms with Crippen LogP contribution in [0.5, 0.6) is 0 Å². The molecule has 0 radical (unpaired) electrons. The molecule has 0 aromatic rings. The maximum absolute atomic E-state index is 9.82. The molecule has 0 aliphatic carbocycles. The number of allylic oxidation sites excluding steroid dienone is 1. The Hall–Kier alpha value is -0.500. The summed E-state index contributed by atoms with van der Waals surface area (Å²) in [5.74, 6) is 0. The molecular formula is C10H19NO. The van der Waals surface area contributed by atoms with Crippen molar-refractivity contribution < 1.29 is 5.21 Å². The molecule has 2 nitrogen and oxygen atoms in total. The summed E-state index contributed by atoms with van der Waals surface area (Å²) >= 11 is 0. The third kappa shape index (κ3) is 1.48. The quantitative estimate of drug-likeness (QED) is 0.602. The summed E-state index contributed by atoms with van der Waals surface area (Å²) in [5, 5.41) is 11.2. The molecule has 0 atom stereocenters. The molecule has 2 heteroatoms. The van der Waals surface area contributed by atoms with Gasteiger partial charge in [0.2, 0.25) is 0 Å². The second-order valence-corrected chi connectivity index (χ2v) is 5.17. The highest BCUT2D eigenvalue weighted by atomic mass is 16.5. The van der Waals surface area contributed by atoms with Crippen molar-refractivity contribution in [2.75, 3.05) is 0 Å². The van der Waals surface area contributed by atoms with Crippen LogP contribution in [0.15, 0.2) is 11.8 Å². The minimum Gasteiger partial charge on any atom is -0.288 e. The molecule has 1 rings (SSSR count). The first-order valence-electron chi connectivity index (χ1n) is 4.45. The van der Waals surface area contributed by atoms with Gasteiger partial charge >= 0.3 is 0 Å². The summed E-state index contributed by atoms with van der Waals surface area (Å²) in [6.07, 6.45) is 3.05. The molecule has 12 heavy (non-hydrogen) atoms. The summed E-state index contributed by atoms with van der Waals surface area (Å²) in [6.45, 7) is 10.4. The molecule has 1 heterocycles. The van der Waals surface area contributed by atoms with Gasteiger partial charge in [-0.25, -0.2) is 0 Å². The van der Waals surface area contributed by atoms with Crippen molar-refractivity contribution in [1.29, 1.82) is 0 Å². The zero-order valence-corrected chi connectivity index (χ0v) is 8.68. The highest BCUT2D eigenvalue weighted by molar-refractivity contribution is 5.17. The van der Waals surface area contributed by atoms with E-state index in [0.29, 0.717) is 0 Å². The van der Waals surface area contributed by atoms with E-state index in [2.05, 4.69) is 26.8 Å². The third-order valence-corrected chi connectivity index (χ3v) is 2.36. The number of hydroxylamine groups is 2. The minimum absolute atomic E-state index is 0.0442. The number of nitrogens with zero attached hydrogens (tertiary/aromatic N) is 1. The number of hydrogen-bond acceptors (Lipinski definition) is 2. The van der Waals surface area contributed by atoms with Crippen molar-refractivity contribution in [3.63, 3.8) is 0 Å². The average molecular weight is 169 g/mol. The lowest BCUT2D eigenvalue weighted by Crippen LogP contribution is -2.38. The zero-order valence-electron chi connectivity index (χ0n) is 8.68. The molecule has 1 aliphatic rings. The van der Waals surface area contributed by atoms with Gasteiger partial charge in [0.1, 0.15) is 0 Å². The van der Waals surface area contributed by atoms with Gasteiger partial charge in [-0.3, -0.25) is 10.3 Å². The van der Waals surface area contributed by atoms with Crippen molar-refractivity contribution in [1.82, 2.24) is 5.06 Å². The summed E-state index contributed by atoms with van der Waals surface area (Å²) in [5.41, 5.74) is 0.956. The fourth-order valence-corrected chi connectivity index (χ4v) is 1.47. The van der Waals surface area contributed by atoms with Crippen LogP contribution in [0.2, 0.25) is 0 Å². The van der Waals surface area contributed by atoms with Crippen LogP contribution in [0.4, 0.5) is 0 Å². The van der Waals surface area contributed by atoms with E-state index in [1.54, 1.807) is 0 Å². The number of rotatable bonds is 0. The number of hydrogen-bond donors (Lipinski definition) is 1. The Morgan fingerprint density at radius 1 is 1.42 bits per heavy atom. The second-order valence-electron chi connectivity index (χ2n) is 5.17. The fraction of sp³-hybridized carbons (Fsp3) is 0.800. The lowest BCUT2D eigenvalue weighted by Gasteiger charge is -2.34. The molecule has 0 saturated carbocycles. The maximum Gasteiger partial charge on any atom is 0.0647 e. The molecule has 0 aromatic carbocycles. The smallest absolute Gasteiger partial charge is 0.0647 e. The van der Waals surface area contributed by atoms with Gasteiger partial charge in [-0.15, -0.1) is 0 Å². The van der Waals surface area contributed by atoms with Crippen LogP contribution >= 0.6 is 0 Å². The SMILES string of the molecule is CC(C)(C)C1=CCC(C)(C)N1O. The van der Waals surface area contributed by atoms with E-state index in [1.165, 1.54) is 5.06 Å². The van der Waals surface area contributed by atoms with Crippen LogP contribution < -0.4 is 0 Å². The van der Waals surface area contributed by atoms with Crippen molar-refractivity contribution in [3.8, 4) is 0 Å². The van der Waals surface area contributed by atoms with Crippen molar-refractivity contribution >= 4 is 0 Å². The lowest BCUT2D eigenvalue weighted by atomic mass is 9.92. The predicted molar refractivity (Wildman–Crippen MR) is 49.9 cm³/mol. The molecule has 0 unspecified atom stereocenters. The topological polar surface area (TPSA) is 23.5 Å². The standard InChI is InChI=1S/C10H19NO/c1-9(2,3)8-6-7-10(4,5)11(8)12/h6,12H,7H2,1-5H3. The molecule has 1 aliphatic heterocycles. The Morgan fingerprint density at radius 3 is 2.08 bits per heavy atom. The van der Waals surface area contributed by atoms with Crippen LogP contribution in [0.1, 0.15) is 41.0 Å². The van der Waals surface area contributed by atoms with Crippen LogP contribution in [0, 0.1) is 5.41 Å². The second kappa shape index (κ2) is 2.49. The van der Waals surface area contributed by atoms with E-state index >= 15 is 0 Å². The Labute approximate surface area is 74.8 Å². The molecule has 70 valence electrons. The largest absolute Gasteiger partial charge is 0.288 e. The van der Waals surface area contributed by atoms with Gasteiger partial charge in [0.15, 0.2) is 0 Å². The maximum atomic E-state index is 9.82. The van der Waals surface area contributed by atoms with E-state index in [0.717, 1.165) is 12.1 Å². The Balaban J connectivity index is 2.86. The molecule has 0 aromatic heterocycles. The van der Waals surface area contributed by atoms with Crippen molar-refractivity contribution in [2.24, 2.45) is 5.41 Å². The van der Waals surface area contributed by atoms with Gasteiger partial charge in [-0.1, -0.05) is 26.8 Å². The summed E-state index contributed by atoms with van der Waals surface area (Å²) in [4.78, 5) is 0. The van der Waals surface area contributed by atoms with E-state index in [1.807, 2.05) is 13.8 Å². The molecule has 0 fully saturated rings. The zero-order chi connectivity index (χ0) is 9.57. The van der Waals surface area contributed by atoms with Gasteiger partial charge in [-0.05, 0) is 20.3 Å². The van der Waals surface area contributed by atoms with E-state index in [4.69, 9.17) is 0 Å². The first-order chi connectivity index (χ1) is 5.25. The Morgan fingerprint density at radius 2 is 1.92 bits per heavy atom. The van der Waals surface area contributed by atoms with Gasteiger partial charge in [0.25, 0.3) is 0 Å². The summed E-state index contributed by atoms with van der Waals surface area (Å²) in [7, 11) is 0. The molecule has 1 N–H and O–H groups in total. The van der Waals surface area contributed by atoms with Crippen LogP contribution in [-0.2, 0) is 0 Å². The molecule has 0 spiro atoms. The van der Waals surface area contributed by atoms with Gasteiger partial charge in [-0.2, -0.15) is 0 Å². The van der Waals surface area contributed by atoms with Gasteiger partial charge in [0, 0.05) is 11.1 Å². The summed E-state index contributed by atoms with van der Waals surface area (Å²) < 4.78 is 0. The fourth-order valence-electron chi connectivity index (χ4n) is 1.47. The molecule has 0 amide bonds. The third-order valence-electron chi connectivity index (χ3n) is 2.36. The van der Waals surface area contributed by atoms with Crippen molar-refractivity contribution in [3.05, 3.63) is 11.8 Å². The monoisotopic (exact) mass is 169 g/mol. The Kier molecular flexibility index (Phi) is 1.99. The van der Waals surface area contributed by atoms with Gasteiger partial charge in [0.05, 0.1) is 5.54 Å². The van der Waals surface area contributed by atoms with E-state index in [9.17, 15) is 5.21 Å². The molecule has 0 saturated heterocycles. The first-order valence-corrected chi connectivity index (χ1v) is 4.45. The van der Waals surface area contributed by atoms with Gasteiger partial charge < -0.3 is 0 Å². The van der Waals surface area contributed by atoms with Crippen LogP contribution in [0.3, 0.4) is 0 Å². The first kappa shape index (κ1) is 9.59. The van der Waals surface area contributed by atoms with E-state index < -0.39 is 0 Å². The minimum atomic E-state index is -0.122.